The number of hydrogen-bond acceptors (Lipinski definition) is 7. The van der Waals surface area contributed by atoms with Gasteiger partial charge in [-0.2, -0.15) is 5.26 Å². The summed E-state index contributed by atoms with van der Waals surface area (Å²) < 4.78 is 6.29. The molecule has 0 unspecified atom stereocenters. The van der Waals surface area contributed by atoms with Crippen LogP contribution in [0.5, 0.6) is 0 Å². The third kappa shape index (κ3) is 2.86. The second-order valence-corrected chi connectivity index (χ2v) is 7.01. The summed E-state index contributed by atoms with van der Waals surface area (Å²) in [6.07, 6.45) is 4.51. The first kappa shape index (κ1) is 16.7. The van der Waals surface area contributed by atoms with Crippen molar-refractivity contribution in [1.29, 1.82) is 5.26 Å². The lowest BCUT2D eigenvalue weighted by Gasteiger charge is -2.44. The van der Waals surface area contributed by atoms with Gasteiger partial charge in [0.2, 0.25) is 5.95 Å². The van der Waals surface area contributed by atoms with Crippen molar-refractivity contribution < 1.29 is 4.74 Å². The van der Waals surface area contributed by atoms with Gasteiger partial charge in [-0.25, -0.2) is 15.0 Å². The number of nitrogens with zero attached hydrogens (tertiary/aromatic N) is 6. The van der Waals surface area contributed by atoms with Crippen molar-refractivity contribution in [1.82, 2.24) is 15.0 Å². The summed E-state index contributed by atoms with van der Waals surface area (Å²) in [6, 6.07) is 7.68. The van der Waals surface area contributed by atoms with E-state index in [1.165, 1.54) is 5.56 Å². The molecule has 2 aliphatic heterocycles. The Balaban J connectivity index is 1.59. The molecule has 0 saturated carbocycles. The van der Waals surface area contributed by atoms with Gasteiger partial charge < -0.3 is 14.5 Å². The molecule has 26 heavy (non-hydrogen) atoms. The molecule has 1 spiro atoms. The van der Waals surface area contributed by atoms with Crippen LogP contribution in [-0.4, -0.2) is 48.7 Å². The molecule has 0 N–H and O–H groups in total. The van der Waals surface area contributed by atoms with Gasteiger partial charge in [0.05, 0.1) is 12.3 Å². The van der Waals surface area contributed by atoms with Gasteiger partial charge in [0.1, 0.15) is 23.2 Å². The number of anilines is 2. The molecular weight excluding hydrogens is 328 g/mol. The van der Waals surface area contributed by atoms with Gasteiger partial charge in [-0.1, -0.05) is 6.07 Å². The molecule has 4 heterocycles. The molecule has 0 atom stereocenters. The normalized spacial score (nSPS) is 18.3. The Bertz CT molecular complexity index is 851. The summed E-state index contributed by atoms with van der Waals surface area (Å²) in [6.45, 7) is 2.35. The molecule has 7 nitrogen and oxygen atoms in total. The number of rotatable bonds is 2. The highest BCUT2D eigenvalue weighted by Crippen LogP contribution is 2.41. The highest BCUT2D eigenvalue weighted by molar-refractivity contribution is 5.43. The number of hydrogen-bond donors (Lipinski definition) is 0. The van der Waals surface area contributed by atoms with Crippen LogP contribution in [-0.2, 0) is 16.8 Å². The van der Waals surface area contributed by atoms with Crippen LogP contribution in [0, 0.1) is 11.3 Å². The lowest BCUT2D eigenvalue weighted by molar-refractivity contribution is -0.0801. The smallest absolute Gasteiger partial charge is 0.225 e. The zero-order valence-electron chi connectivity index (χ0n) is 15.1. The van der Waals surface area contributed by atoms with E-state index in [0.29, 0.717) is 12.3 Å². The summed E-state index contributed by atoms with van der Waals surface area (Å²) in [5.41, 5.74) is 2.34. The van der Waals surface area contributed by atoms with Crippen molar-refractivity contribution in [2.45, 2.75) is 24.9 Å². The minimum absolute atomic E-state index is 0.343. The van der Waals surface area contributed by atoms with Gasteiger partial charge in [-0.15, -0.1) is 0 Å². The summed E-state index contributed by atoms with van der Waals surface area (Å²) >= 11 is 0. The number of fused-ring (bicyclic) bond motifs is 2. The molecule has 4 rings (SSSR count). The number of piperidine rings is 1. The van der Waals surface area contributed by atoms with Crippen LogP contribution >= 0.6 is 0 Å². The average Bonchev–Trinajstić information content (AvgIpc) is 2.68. The predicted molar refractivity (Wildman–Crippen MR) is 98.1 cm³/mol. The summed E-state index contributed by atoms with van der Waals surface area (Å²) in [5.74, 6) is 1.58. The number of ether oxygens (including phenoxy) is 1. The average molecular weight is 350 g/mol. The molecular formula is C19H22N6O. The topological polar surface area (TPSA) is 78.2 Å². The van der Waals surface area contributed by atoms with Crippen LogP contribution < -0.4 is 9.80 Å². The van der Waals surface area contributed by atoms with Gasteiger partial charge in [0, 0.05) is 33.4 Å². The van der Waals surface area contributed by atoms with Crippen LogP contribution in [0.15, 0.2) is 24.4 Å². The van der Waals surface area contributed by atoms with E-state index in [2.05, 4.69) is 20.9 Å². The fourth-order valence-corrected chi connectivity index (χ4v) is 3.75. The van der Waals surface area contributed by atoms with Crippen molar-refractivity contribution >= 4 is 11.8 Å². The Morgan fingerprint density at radius 2 is 2.04 bits per heavy atom. The Hall–Kier alpha value is -2.72. The van der Waals surface area contributed by atoms with Crippen LogP contribution in [0.3, 0.4) is 0 Å². The number of aromatic nitrogens is 3. The third-order valence-electron chi connectivity index (χ3n) is 5.18. The molecule has 0 bridgehead atoms. The standard InChI is InChI=1S/C19H22N6O/c1-24(2)18-21-13-14-6-11-26-19(17(14)23-18)7-9-25(10-8-19)16-5-3-4-15(12-20)22-16/h3-5,13H,6-11H2,1-2H3. The minimum Gasteiger partial charge on any atom is -0.368 e. The molecule has 2 aromatic rings. The first-order valence-electron chi connectivity index (χ1n) is 8.91. The molecule has 0 aromatic carbocycles. The zero-order chi connectivity index (χ0) is 18.1. The molecule has 2 aromatic heterocycles. The molecule has 1 saturated heterocycles. The van der Waals surface area contributed by atoms with Crippen molar-refractivity contribution in [2.75, 3.05) is 43.6 Å². The zero-order valence-corrected chi connectivity index (χ0v) is 15.1. The minimum atomic E-state index is -0.343. The first-order chi connectivity index (χ1) is 12.6. The molecule has 0 aliphatic carbocycles. The predicted octanol–water partition coefficient (Wildman–Crippen LogP) is 1.88. The van der Waals surface area contributed by atoms with Crippen molar-refractivity contribution in [2.24, 2.45) is 0 Å². The van der Waals surface area contributed by atoms with Crippen LogP contribution in [0.4, 0.5) is 11.8 Å². The van der Waals surface area contributed by atoms with Crippen molar-refractivity contribution in [3.63, 3.8) is 0 Å². The Morgan fingerprint density at radius 1 is 1.23 bits per heavy atom. The fourth-order valence-electron chi connectivity index (χ4n) is 3.75. The molecule has 0 amide bonds. The van der Waals surface area contributed by atoms with Gasteiger partial charge in [0.15, 0.2) is 0 Å². The van der Waals surface area contributed by atoms with Gasteiger partial charge >= 0.3 is 0 Å². The highest BCUT2D eigenvalue weighted by atomic mass is 16.5. The van der Waals surface area contributed by atoms with E-state index in [1.54, 1.807) is 6.07 Å². The van der Waals surface area contributed by atoms with E-state index < -0.39 is 0 Å². The Morgan fingerprint density at radius 3 is 2.77 bits per heavy atom. The van der Waals surface area contributed by atoms with Gasteiger partial charge in [-0.05, 0) is 37.0 Å². The lowest BCUT2D eigenvalue weighted by Crippen LogP contribution is -2.47. The van der Waals surface area contributed by atoms with E-state index >= 15 is 0 Å². The molecule has 134 valence electrons. The molecule has 1 fully saturated rings. The van der Waals surface area contributed by atoms with Crippen molar-refractivity contribution in [3.8, 4) is 6.07 Å². The monoisotopic (exact) mass is 350 g/mol. The first-order valence-corrected chi connectivity index (χ1v) is 8.91. The van der Waals surface area contributed by atoms with Crippen LogP contribution in [0.1, 0.15) is 29.8 Å². The lowest BCUT2D eigenvalue weighted by atomic mass is 9.83. The molecule has 0 radical (unpaired) electrons. The Labute approximate surface area is 153 Å². The maximum Gasteiger partial charge on any atom is 0.225 e. The van der Waals surface area contributed by atoms with E-state index in [-0.39, 0.29) is 5.60 Å². The fraction of sp³-hybridized carbons (Fsp3) is 0.474. The Kier molecular flexibility index (Phi) is 4.21. The second kappa shape index (κ2) is 6.54. The molecule has 2 aliphatic rings. The van der Waals surface area contributed by atoms with E-state index in [0.717, 1.165) is 49.8 Å². The summed E-state index contributed by atoms with van der Waals surface area (Å²) in [4.78, 5) is 17.9. The van der Waals surface area contributed by atoms with E-state index in [4.69, 9.17) is 15.0 Å². The number of nitriles is 1. The second-order valence-electron chi connectivity index (χ2n) is 7.01. The third-order valence-corrected chi connectivity index (χ3v) is 5.18. The number of pyridine rings is 1. The van der Waals surface area contributed by atoms with Crippen LogP contribution in [0.2, 0.25) is 0 Å². The summed E-state index contributed by atoms with van der Waals surface area (Å²) in [7, 11) is 3.91. The largest absolute Gasteiger partial charge is 0.368 e. The molecule has 7 heteroatoms. The maximum absolute atomic E-state index is 9.07. The van der Waals surface area contributed by atoms with E-state index in [9.17, 15) is 0 Å². The van der Waals surface area contributed by atoms with Crippen molar-refractivity contribution in [3.05, 3.63) is 41.3 Å². The van der Waals surface area contributed by atoms with Gasteiger partial charge in [0.25, 0.3) is 0 Å². The quantitative estimate of drug-likeness (QED) is 0.818. The highest BCUT2D eigenvalue weighted by Gasteiger charge is 2.43. The van der Waals surface area contributed by atoms with Gasteiger partial charge in [-0.3, -0.25) is 0 Å². The SMILES string of the molecule is CN(C)c1ncc2c(n1)C1(CCN(c3cccc(C#N)n3)CC1)OCC2. The maximum atomic E-state index is 9.07. The van der Waals surface area contributed by atoms with Crippen LogP contribution in [0.25, 0.3) is 0 Å². The van der Waals surface area contributed by atoms with E-state index in [1.807, 2.05) is 37.3 Å². The summed E-state index contributed by atoms with van der Waals surface area (Å²) in [5, 5.41) is 9.07.